The highest BCUT2D eigenvalue weighted by atomic mass is 79.9. The van der Waals surface area contributed by atoms with Crippen LogP contribution in [0.4, 0.5) is 0 Å². The normalized spacial score (nSPS) is 14.7. The zero-order valence-corrected chi connectivity index (χ0v) is 11.9. The van der Waals surface area contributed by atoms with Crippen molar-refractivity contribution in [2.24, 2.45) is 7.05 Å². The molecule has 0 amide bonds. The fourth-order valence-electron chi connectivity index (χ4n) is 1.72. The van der Waals surface area contributed by atoms with Crippen molar-refractivity contribution in [2.45, 2.75) is 19.1 Å². The molecule has 98 valence electrons. The highest BCUT2D eigenvalue weighted by Crippen LogP contribution is 2.20. The third-order valence-corrected chi connectivity index (χ3v) is 3.33. The van der Waals surface area contributed by atoms with Gasteiger partial charge in [-0.05, 0) is 35.0 Å². The number of rotatable bonds is 5. The number of hydrogen-bond acceptors (Lipinski definition) is 4. The van der Waals surface area contributed by atoms with Gasteiger partial charge in [0.1, 0.15) is 11.4 Å². The number of hydrogen-bond donors (Lipinski definition) is 2. The van der Waals surface area contributed by atoms with E-state index in [2.05, 4.69) is 26.3 Å². The van der Waals surface area contributed by atoms with Gasteiger partial charge in [-0.25, -0.2) is 0 Å². The second kappa shape index (κ2) is 5.26. The fraction of sp³-hybridized carbons (Fsp3) is 0.417. The van der Waals surface area contributed by atoms with E-state index < -0.39 is 5.60 Å². The first-order valence-electron chi connectivity index (χ1n) is 5.64. The quantitative estimate of drug-likeness (QED) is 0.883. The predicted octanol–water partition coefficient (Wildman–Crippen LogP) is 1.77. The lowest BCUT2D eigenvalue weighted by Gasteiger charge is -2.20. The number of halogens is 1. The summed E-state index contributed by atoms with van der Waals surface area (Å²) in [6, 6.07) is 3.53. The maximum atomic E-state index is 10.2. The van der Waals surface area contributed by atoms with Crippen LogP contribution in [0, 0.1) is 0 Å². The van der Waals surface area contributed by atoms with Gasteiger partial charge < -0.3 is 14.8 Å². The van der Waals surface area contributed by atoms with Crippen LogP contribution >= 0.6 is 15.9 Å². The summed E-state index contributed by atoms with van der Waals surface area (Å²) in [7, 11) is 1.87. The van der Waals surface area contributed by atoms with Gasteiger partial charge in [0.2, 0.25) is 0 Å². The second-order valence-electron chi connectivity index (χ2n) is 4.45. The molecule has 0 aliphatic carbocycles. The minimum absolute atomic E-state index is 0.392. The molecule has 2 heterocycles. The Hall–Kier alpha value is -1.11. The Morgan fingerprint density at radius 3 is 2.94 bits per heavy atom. The summed E-state index contributed by atoms with van der Waals surface area (Å²) in [6.45, 7) is 2.69. The van der Waals surface area contributed by atoms with Crippen molar-refractivity contribution < 1.29 is 9.52 Å². The summed E-state index contributed by atoms with van der Waals surface area (Å²) in [5, 5.41) is 17.7. The lowest BCUT2D eigenvalue weighted by atomic mass is 10.0. The third kappa shape index (κ3) is 3.01. The Balaban J connectivity index is 1.91. The van der Waals surface area contributed by atoms with Crippen LogP contribution < -0.4 is 5.32 Å². The summed E-state index contributed by atoms with van der Waals surface area (Å²) in [5.74, 6) is 0.551. The molecule has 2 rings (SSSR count). The monoisotopic (exact) mass is 313 g/mol. The Morgan fingerprint density at radius 1 is 1.61 bits per heavy atom. The van der Waals surface area contributed by atoms with Crippen LogP contribution in [0.5, 0.6) is 0 Å². The van der Waals surface area contributed by atoms with E-state index in [1.54, 1.807) is 30.0 Å². The van der Waals surface area contributed by atoms with Crippen LogP contribution in [0.3, 0.4) is 0 Å². The molecule has 2 aromatic heterocycles. The summed E-state index contributed by atoms with van der Waals surface area (Å²) in [5.41, 5.74) is -0.113. The Kier molecular flexibility index (Phi) is 3.89. The summed E-state index contributed by atoms with van der Waals surface area (Å²) in [6.07, 6.45) is 3.45. The molecule has 1 atom stereocenters. The molecule has 0 fully saturated rings. The lowest BCUT2D eigenvalue weighted by Crippen LogP contribution is -2.34. The molecule has 0 aliphatic heterocycles. The first-order valence-corrected chi connectivity index (χ1v) is 6.43. The molecular weight excluding hydrogens is 298 g/mol. The smallest absolute Gasteiger partial charge is 0.136 e. The molecule has 2 aromatic rings. The molecule has 2 N–H and O–H groups in total. The van der Waals surface area contributed by atoms with Crippen LogP contribution in [0.1, 0.15) is 18.4 Å². The molecule has 0 saturated heterocycles. The molecule has 6 heteroatoms. The number of aliphatic hydroxyl groups is 1. The zero-order chi connectivity index (χ0) is 13.2. The van der Waals surface area contributed by atoms with Crippen molar-refractivity contribution >= 4 is 15.9 Å². The number of furan rings is 1. The van der Waals surface area contributed by atoms with Crippen molar-refractivity contribution in [3.63, 3.8) is 0 Å². The van der Waals surface area contributed by atoms with E-state index in [1.165, 1.54) is 0 Å². The first-order chi connectivity index (χ1) is 8.49. The molecular formula is C12H16BrN3O2. The molecule has 0 aliphatic rings. The van der Waals surface area contributed by atoms with Crippen LogP contribution in [-0.4, -0.2) is 21.4 Å². The predicted molar refractivity (Wildman–Crippen MR) is 70.9 cm³/mol. The summed E-state index contributed by atoms with van der Waals surface area (Å²) in [4.78, 5) is 0. The van der Waals surface area contributed by atoms with E-state index in [4.69, 9.17) is 4.42 Å². The molecule has 5 nitrogen and oxygen atoms in total. The largest absolute Gasteiger partial charge is 0.466 e. The summed E-state index contributed by atoms with van der Waals surface area (Å²) >= 11 is 3.43. The Bertz CT molecular complexity index is 505. The molecule has 0 aromatic carbocycles. The highest BCUT2D eigenvalue weighted by Gasteiger charge is 2.25. The Labute approximate surface area is 114 Å². The molecule has 18 heavy (non-hydrogen) atoms. The van der Waals surface area contributed by atoms with E-state index in [9.17, 15) is 5.11 Å². The van der Waals surface area contributed by atoms with Gasteiger partial charge in [0.25, 0.3) is 0 Å². The molecule has 1 unspecified atom stereocenters. The van der Waals surface area contributed by atoms with Gasteiger partial charge >= 0.3 is 0 Å². The average molecular weight is 314 g/mol. The fourth-order valence-corrected chi connectivity index (χ4v) is 2.24. The van der Waals surface area contributed by atoms with Crippen molar-refractivity contribution in [1.82, 2.24) is 15.1 Å². The topological polar surface area (TPSA) is 63.2 Å². The van der Waals surface area contributed by atoms with Crippen LogP contribution in [0.2, 0.25) is 0 Å². The van der Waals surface area contributed by atoms with Crippen molar-refractivity contribution in [1.29, 1.82) is 0 Å². The van der Waals surface area contributed by atoms with Crippen LogP contribution in [-0.2, 0) is 19.2 Å². The number of aryl methyl sites for hydroxylation is 1. The maximum absolute atomic E-state index is 10.2. The standard InChI is InChI=1S/C12H16BrN3O2/c1-12(17,11-4-3-5-18-11)8-14-6-10-9(13)7-16(2)15-10/h3-5,7,14,17H,6,8H2,1-2H3. The van der Waals surface area contributed by atoms with Crippen molar-refractivity contribution in [3.8, 4) is 0 Å². The second-order valence-corrected chi connectivity index (χ2v) is 5.31. The average Bonchev–Trinajstić information content (AvgIpc) is 2.89. The van der Waals surface area contributed by atoms with Gasteiger partial charge in [-0.3, -0.25) is 4.68 Å². The summed E-state index contributed by atoms with van der Waals surface area (Å²) < 4.78 is 7.91. The van der Waals surface area contributed by atoms with E-state index >= 15 is 0 Å². The van der Waals surface area contributed by atoms with E-state index in [-0.39, 0.29) is 0 Å². The molecule has 0 spiro atoms. The maximum Gasteiger partial charge on any atom is 0.136 e. The molecule has 0 bridgehead atoms. The SMILES string of the molecule is Cn1cc(Br)c(CNCC(C)(O)c2ccco2)n1. The van der Waals surface area contributed by atoms with Gasteiger partial charge in [-0.2, -0.15) is 5.10 Å². The van der Waals surface area contributed by atoms with Crippen molar-refractivity contribution in [3.05, 3.63) is 40.5 Å². The molecule has 0 saturated carbocycles. The molecule has 0 radical (unpaired) electrons. The Morgan fingerprint density at radius 2 is 2.39 bits per heavy atom. The van der Waals surface area contributed by atoms with Gasteiger partial charge in [-0.1, -0.05) is 0 Å². The number of aromatic nitrogens is 2. The highest BCUT2D eigenvalue weighted by molar-refractivity contribution is 9.10. The minimum Gasteiger partial charge on any atom is -0.466 e. The van der Waals surface area contributed by atoms with Gasteiger partial charge in [-0.15, -0.1) is 0 Å². The van der Waals surface area contributed by atoms with E-state index in [1.807, 2.05) is 13.2 Å². The van der Waals surface area contributed by atoms with Gasteiger partial charge in [0.15, 0.2) is 0 Å². The minimum atomic E-state index is -1.02. The van der Waals surface area contributed by atoms with E-state index in [0.717, 1.165) is 10.2 Å². The number of nitrogens with one attached hydrogen (secondary N) is 1. The van der Waals surface area contributed by atoms with Crippen molar-refractivity contribution in [2.75, 3.05) is 6.54 Å². The van der Waals surface area contributed by atoms with Gasteiger partial charge in [0, 0.05) is 26.3 Å². The first kappa shape index (κ1) is 13.3. The van der Waals surface area contributed by atoms with Crippen LogP contribution in [0.25, 0.3) is 0 Å². The zero-order valence-electron chi connectivity index (χ0n) is 10.4. The lowest BCUT2D eigenvalue weighted by molar-refractivity contribution is 0.0339. The third-order valence-electron chi connectivity index (χ3n) is 2.67. The van der Waals surface area contributed by atoms with Gasteiger partial charge in [0.05, 0.1) is 16.4 Å². The van der Waals surface area contributed by atoms with E-state index in [0.29, 0.717) is 18.8 Å². The van der Waals surface area contributed by atoms with Crippen LogP contribution in [0.15, 0.2) is 33.5 Å². The number of nitrogens with zero attached hydrogens (tertiary/aromatic N) is 2.